The summed E-state index contributed by atoms with van der Waals surface area (Å²) < 4.78 is 6.95. The quantitative estimate of drug-likeness (QED) is 0.475. The van der Waals surface area contributed by atoms with E-state index >= 15 is 0 Å². The van der Waals surface area contributed by atoms with Crippen LogP contribution in [-0.4, -0.2) is 40.0 Å². The Kier molecular flexibility index (Phi) is 4.79. The van der Waals surface area contributed by atoms with Crippen LogP contribution in [0.15, 0.2) is 16.1 Å². The normalized spacial score (nSPS) is 24.6. The number of hydrogen-bond acceptors (Lipinski definition) is 6. The second-order valence-corrected chi connectivity index (χ2v) is 4.81. The van der Waals surface area contributed by atoms with Gasteiger partial charge in [0, 0.05) is 29.6 Å². The van der Waals surface area contributed by atoms with Gasteiger partial charge >= 0.3 is 5.69 Å². The summed E-state index contributed by atoms with van der Waals surface area (Å²) in [4.78, 5) is 18.8. The molecule has 0 amide bonds. The van der Waals surface area contributed by atoms with Gasteiger partial charge in [-0.2, -0.15) is 4.98 Å². The lowest BCUT2D eigenvalue weighted by Gasteiger charge is -2.16. The summed E-state index contributed by atoms with van der Waals surface area (Å²) >= 11 is 0. The molecule has 0 saturated carbocycles. The van der Waals surface area contributed by atoms with Crippen molar-refractivity contribution in [1.82, 2.24) is 9.55 Å². The van der Waals surface area contributed by atoms with Crippen molar-refractivity contribution >= 4 is 5.82 Å². The lowest BCUT2D eigenvalue weighted by molar-refractivity contribution is -0.0270. The molecule has 0 radical (unpaired) electrons. The van der Waals surface area contributed by atoms with Crippen LogP contribution in [0.4, 0.5) is 5.82 Å². The molecule has 1 fully saturated rings. The van der Waals surface area contributed by atoms with Crippen molar-refractivity contribution in [3.63, 3.8) is 0 Å². The average Bonchev–Trinajstić information content (AvgIpc) is 2.86. The van der Waals surface area contributed by atoms with E-state index in [2.05, 4.69) is 20.3 Å². The lowest BCUT2D eigenvalue weighted by atomic mass is 10.1. The van der Waals surface area contributed by atoms with Crippen LogP contribution in [-0.2, 0) is 4.74 Å². The highest BCUT2D eigenvalue weighted by molar-refractivity contribution is 5.41. The Balaban J connectivity index is 2.29. The zero-order chi connectivity index (χ0) is 15.4. The molecule has 1 aliphatic rings. The fraction of sp³-hybridized carbons (Fsp3) is 0.667. The minimum absolute atomic E-state index is 0.267. The van der Waals surface area contributed by atoms with Gasteiger partial charge in [-0.25, -0.2) is 4.79 Å². The maximum Gasteiger partial charge on any atom is 0.351 e. The molecule has 0 aliphatic carbocycles. The van der Waals surface area contributed by atoms with Crippen molar-refractivity contribution in [3.8, 4) is 0 Å². The molecule has 0 unspecified atom stereocenters. The molecule has 2 N–H and O–H groups in total. The minimum atomic E-state index is -0.605. The zero-order valence-corrected chi connectivity index (χ0v) is 11.9. The zero-order valence-electron chi connectivity index (χ0n) is 11.9. The van der Waals surface area contributed by atoms with Crippen molar-refractivity contribution in [2.24, 2.45) is 5.11 Å². The maximum atomic E-state index is 12.1. The molecule has 3 atom stereocenters. The van der Waals surface area contributed by atoms with Gasteiger partial charge in [-0.15, -0.1) is 0 Å². The predicted octanol–water partition coefficient (Wildman–Crippen LogP) is 0.942. The number of aliphatic hydroxyl groups excluding tert-OH is 1. The first-order valence-electron chi connectivity index (χ1n) is 6.74. The first-order chi connectivity index (χ1) is 10.1. The van der Waals surface area contributed by atoms with Crippen LogP contribution in [0, 0.1) is 6.92 Å². The standard InChI is InChI=1S/C12H18N6O3/c1-3-14-11-7(2)5-18(12(20)15-11)10-4-8(16-17-13)9(6-19)21-10/h5,8-10,19H,3-4,6H2,1-2H3,(H,14,15,20)/t8-,9+,10-/m0/s1. The van der Waals surface area contributed by atoms with Crippen LogP contribution < -0.4 is 11.0 Å². The molecule has 1 aromatic rings. The number of aliphatic hydroxyl groups is 1. The van der Waals surface area contributed by atoms with E-state index < -0.39 is 24.1 Å². The Bertz CT molecular complexity index is 610. The maximum absolute atomic E-state index is 12.1. The Hall–Kier alpha value is -2.09. The number of hydrogen-bond donors (Lipinski definition) is 2. The number of aromatic nitrogens is 2. The van der Waals surface area contributed by atoms with Gasteiger partial charge in [0.25, 0.3) is 0 Å². The Morgan fingerprint density at radius 1 is 1.71 bits per heavy atom. The molecule has 2 heterocycles. The third-order valence-corrected chi connectivity index (χ3v) is 3.37. The van der Waals surface area contributed by atoms with Crippen molar-refractivity contribution in [2.45, 2.75) is 38.6 Å². The summed E-state index contributed by atoms with van der Waals surface area (Å²) in [6.45, 7) is 4.16. The van der Waals surface area contributed by atoms with Gasteiger partial charge in [-0.1, -0.05) is 5.11 Å². The number of rotatable bonds is 5. The van der Waals surface area contributed by atoms with E-state index in [-0.39, 0.29) is 6.61 Å². The third kappa shape index (κ3) is 3.15. The predicted molar refractivity (Wildman–Crippen MR) is 75.9 cm³/mol. The van der Waals surface area contributed by atoms with Crippen LogP contribution in [0.1, 0.15) is 25.1 Å². The van der Waals surface area contributed by atoms with Crippen molar-refractivity contribution < 1.29 is 9.84 Å². The van der Waals surface area contributed by atoms with Gasteiger partial charge in [0.1, 0.15) is 12.0 Å². The Morgan fingerprint density at radius 2 is 2.48 bits per heavy atom. The van der Waals surface area contributed by atoms with Crippen LogP contribution in [0.5, 0.6) is 0 Å². The summed E-state index contributed by atoms with van der Waals surface area (Å²) in [5, 5.41) is 15.9. The summed E-state index contributed by atoms with van der Waals surface area (Å²) in [5.41, 5.74) is 8.89. The molecule has 2 rings (SSSR count). The second kappa shape index (κ2) is 6.57. The van der Waals surface area contributed by atoms with E-state index in [1.807, 2.05) is 13.8 Å². The van der Waals surface area contributed by atoms with Crippen LogP contribution in [0.3, 0.4) is 0 Å². The molecule has 9 nitrogen and oxygen atoms in total. The fourth-order valence-electron chi connectivity index (χ4n) is 2.36. The molecule has 1 aromatic heterocycles. The van der Waals surface area contributed by atoms with E-state index in [0.29, 0.717) is 18.8 Å². The number of aryl methyl sites for hydroxylation is 1. The van der Waals surface area contributed by atoms with Gasteiger partial charge in [-0.05, 0) is 19.4 Å². The van der Waals surface area contributed by atoms with Gasteiger partial charge in [0.15, 0.2) is 0 Å². The van der Waals surface area contributed by atoms with Gasteiger partial charge in [0.05, 0.1) is 18.8 Å². The molecule has 0 spiro atoms. The van der Waals surface area contributed by atoms with Crippen LogP contribution in [0.2, 0.25) is 0 Å². The molecular weight excluding hydrogens is 276 g/mol. The summed E-state index contributed by atoms with van der Waals surface area (Å²) in [5.74, 6) is 0.544. The first-order valence-corrected chi connectivity index (χ1v) is 6.74. The van der Waals surface area contributed by atoms with E-state index in [1.165, 1.54) is 4.57 Å². The molecule has 1 saturated heterocycles. The van der Waals surface area contributed by atoms with Gasteiger partial charge in [0.2, 0.25) is 0 Å². The molecular formula is C12H18N6O3. The SMILES string of the molecule is CCNc1nc(=O)n([C@@H]2C[C@H](N=[N+]=[N-])[C@@H](CO)O2)cc1C. The largest absolute Gasteiger partial charge is 0.394 e. The third-order valence-electron chi connectivity index (χ3n) is 3.37. The van der Waals surface area contributed by atoms with Crippen molar-refractivity contribution in [1.29, 1.82) is 0 Å². The highest BCUT2D eigenvalue weighted by atomic mass is 16.5. The molecule has 21 heavy (non-hydrogen) atoms. The number of azide groups is 1. The van der Waals surface area contributed by atoms with Crippen molar-refractivity contribution in [2.75, 3.05) is 18.5 Å². The minimum Gasteiger partial charge on any atom is -0.394 e. The Labute approximate surface area is 121 Å². The van der Waals surface area contributed by atoms with E-state index in [4.69, 9.17) is 10.3 Å². The van der Waals surface area contributed by atoms with Crippen LogP contribution in [0.25, 0.3) is 10.4 Å². The fourth-order valence-corrected chi connectivity index (χ4v) is 2.36. The summed E-state index contributed by atoms with van der Waals surface area (Å²) in [6.07, 6.45) is 0.792. The van der Waals surface area contributed by atoms with Crippen LogP contribution >= 0.6 is 0 Å². The first kappa shape index (κ1) is 15.3. The Morgan fingerprint density at radius 3 is 3.10 bits per heavy atom. The van der Waals surface area contributed by atoms with Crippen molar-refractivity contribution in [3.05, 3.63) is 32.7 Å². The number of nitrogens with one attached hydrogen (secondary N) is 1. The number of ether oxygens (including phenoxy) is 1. The second-order valence-electron chi connectivity index (χ2n) is 4.81. The smallest absolute Gasteiger partial charge is 0.351 e. The topological polar surface area (TPSA) is 125 Å². The molecule has 0 bridgehead atoms. The molecule has 0 aromatic carbocycles. The summed E-state index contributed by atoms with van der Waals surface area (Å²) in [6, 6.07) is -0.495. The molecule has 1 aliphatic heterocycles. The molecule has 9 heteroatoms. The average molecular weight is 294 g/mol. The summed E-state index contributed by atoms with van der Waals surface area (Å²) in [7, 11) is 0. The van der Waals surface area contributed by atoms with E-state index in [0.717, 1.165) is 5.56 Å². The lowest BCUT2D eigenvalue weighted by Crippen LogP contribution is -2.29. The molecule has 114 valence electrons. The monoisotopic (exact) mass is 294 g/mol. The van der Waals surface area contributed by atoms with E-state index in [9.17, 15) is 9.90 Å². The highest BCUT2D eigenvalue weighted by Gasteiger charge is 2.35. The van der Waals surface area contributed by atoms with E-state index in [1.54, 1.807) is 6.20 Å². The van der Waals surface area contributed by atoms with Gasteiger partial charge in [-0.3, -0.25) is 4.57 Å². The number of nitrogens with zero attached hydrogens (tertiary/aromatic N) is 5. The highest BCUT2D eigenvalue weighted by Crippen LogP contribution is 2.30. The number of anilines is 1. The van der Waals surface area contributed by atoms with Gasteiger partial charge < -0.3 is 15.2 Å².